The Kier molecular flexibility index (Phi) is 9.33. The second-order valence-corrected chi connectivity index (χ2v) is 13.8. The zero-order valence-corrected chi connectivity index (χ0v) is 27.4. The number of carbonyl (C=O) groups excluding carboxylic acids is 4. The van der Waals surface area contributed by atoms with E-state index in [0.717, 1.165) is 43.0 Å². The van der Waals surface area contributed by atoms with Gasteiger partial charge in [-0.05, 0) is 86.3 Å². The van der Waals surface area contributed by atoms with E-state index in [2.05, 4.69) is 20.6 Å². The van der Waals surface area contributed by atoms with Gasteiger partial charge in [-0.1, -0.05) is 49.5 Å². The molecule has 3 amide bonds. The highest BCUT2D eigenvalue weighted by atomic mass is 19.1. The molecule has 2 aromatic carbocycles. The van der Waals surface area contributed by atoms with Crippen LogP contribution >= 0.6 is 0 Å². The lowest BCUT2D eigenvalue weighted by Gasteiger charge is -2.37. The molecule has 3 heterocycles. The number of halogens is 1. The first-order chi connectivity index (χ1) is 23.8. The SMILES string of the molecule is NC(=O)O[C@H](CF)C1CCC(C(=O)N2CC[C@@H](C3CCCCC3)[C@H]2C(=O)Nc2ccc3[nH]c(C(=O)n4nnc5ccccc54)cc3c2)CC1. The van der Waals surface area contributed by atoms with Crippen molar-refractivity contribution in [2.45, 2.75) is 76.4 Å². The van der Waals surface area contributed by atoms with Crippen LogP contribution in [0.1, 0.15) is 74.7 Å². The monoisotopic (exact) mass is 671 g/mol. The third-order valence-corrected chi connectivity index (χ3v) is 11.0. The minimum atomic E-state index is -0.995. The molecule has 1 aliphatic heterocycles. The normalized spacial score (nSPS) is 23.8. The molecule has 0 unspecified atom stereocenters. The van der Waals surface area contributed by atoms with Crippen LogP contribution in [0.25, 0.3) is 21.9 Å². The largest absolute Gasteiger partial charge is 0.443 e. The summed E-state index contributed by atoms with van der Waals surface area (Å²) in [6, 6.07) is 13.8. The predicted molar refractivity (Wildman–Crippen MR) is 180 cm³/mol. The molecular formula is C36H42FN7O5. The molecule has 7 rings (SSSR count). The Morgan fingerprint density at radius 1 is 0.980 bits per heavy atom. The first kappa shape index (κ1) is 32.7. The summed E-state index contributed by atoms with van der Waals surface area (Å²) in [5.74, 6) is -0.609. The summed E-state index contributed by atoms with van der Waals surface area (Å²) in [4.78, 5) is 57.8. The fourth-order valence-corrected chi connectivity index (χ4v) is 8.51. The third-order valence-electron chi connectivity index (χ3n) is 11.0. The number of H-pyrrole nitrogens is 1. The number of aromatic nitrogens is 4. The Morgan fingerprint density at radius 3 is 2.51 bits per heavy atom. The molecule has 2 aliphatic carbocycles. The second-order valence-electron chi connectivity index (χ2n) is 13.8. The number of hydrogen-bond acceptors (Lipinski definition) is 7. The average molecular weight is 672 g/mol. The summed E-state index contributed by atoms with van der Waals surface area (Å²) in [6.07, 6.45) is 6.62. The van der Waals surface area contributed by atoms with Crippen LogP contribution in [0.5, 0.6) is 0 Å². The summed E-state index contributed by atoms with van der Waals surface area (Å²) in [7, 11) is 0. The number of carbonyl (C=O) groups is 4. The molecule has 0 bridgehead atoms. The lowest BCUT2D eigenvalue weighted by molar-refractivity contribution is -0.142. The highest BCUT2D eigenvalue weighted by molar-refractivity contribution is 6.04. The molecule has 49 heavy (non-hydrogen) atoms. The summed E-state index contributed by atoms with van der Waals surface area (Å²) in [5, 5.41) is 12.0. The van der Waals surface area contributed by atoms with Crippen LogP contribution < -0.4 is 11.1 Å². The molecule has 4 aromatic rings. The van der Waals surface area contributed by atoms with Gasteiger partial charge >= 0.3 is 6.09 Å². The van der Waals surface area contributed by atoms with E-state index >= 15 is 0 Å². The Bertz CT molecular complexity index is 1860. The molecule has 3 fully saturated rings. The minimum absolute atomic E-state index is 0.0330. The highest BCUT2D eigenvalue weighted by Gasteiger charge is 2.47. The van der Waals surface area contributed by atoms with Crippen LogP contribution in [0.4, 0.5) is 14.9 Å². The van der Waals surface area contributed by atoms with Crippen LogP contribution in [0, 0.1) is 23.7 Å². The van der Waals surface area contributed by atoms with Gasteiger partial charge in [0.1, 0.15) is 30.0 Å². The maximum absolute atomic E-state index is 14.2. The van der Waals surface area contributed by atoms with E-state index in [4.69, 9.17) is 10.5 Å². The molecule has 4 N–H and O–H groups in total. The van der Waals surface area contributed by atoms with Crippen molar-refractivity contribution in [3.63, 3.8) is 0 Å². The van der Waals surface area contributed by atoms with Gasteiger partial charge < -0.3 is 25.7 Å². The number of rotatable bonds is 8. The number of ether oxygens (including phenoxy) is 1. The minimum Gasteiger partial charge on any atom is -0.443 e. The highest BCUT2D eigenvalue weighted by Crippen LogP contribution is 2.41. The van der Waals surface area contributed by atoms with Gasteiger partial charge in [0, 0.05) is 29.1 Å². The van der Waals surface area contributed by atoms with Crippen molar-refractivity contribution < 1.29 is 28.3 Å². The quantitative estimate of drug-likeness (QED) is 0.220. The molecule has 12 nitrogen and oxygen atoms in total. The fourth-order valence-electron chi connectivity index (χ4n) is 8.51. The van der Waals surface area contributed by atoms with Crippen LogP contribution in [0.15, 0.2) is 48.5 Å². The number of nitrogens with one attached hydrogen (secondary N) is 2. The number of hydrogen-bond donors (Lipinski definition) is 3. The van der Waals surface area contributed by atoms with Crippen molar-refractivity contribution in [1.82, 2.24) is 24.9 Å². The number of aromatic amines is 1. The molecule has 0 radical (unpaired) electrons. The Balaban J connectivity index is 1.08. The Hall–Kier alpha value is -4.81. The first-order valence-corrected chi connectivity index (χ1v) is 17.4. The standard InChI is InChI=1S/C36H42FN7O5/c37-20-31(49-36(38)48)22-10-12-23(13-11-22)34(46)43-17-16-26(21-6-2-1-3-7-21)32(43)33(45)39-25-14-15-27-24(18-25)19-29(40-27)35(47)44-30-9-5-4-8-28(30)41-42-44/h4-5,8-9,14-15,18-19,21-23,26,31-32,40H,1-3,6-7,10-13,16-17,20H2,(H2,38,48)(H,39,45)/t22?,23?,26-,31+,32-/m0/s1. The molecule has 258 valence electrons. The second kappa shape index (κ2) is 14.0. The number of alkyl halides is 1. The van der Waals surface area contributed by atoms with Crippen molar-refractivity contribution in [2.75, 3.05) is 18.5 Å². The smallest absolute Gasteiger partial charge is 0.404 e. The van der Waals surface area contributed by atoms with Gasteiger partial charge in [-0.15, -0.1) is 5.10 Å². The van der Waals surface area contributed by atoms with Crippen LogP contribution in [-0.4, -0.2) is 74.1 Å². The number of fused-ring (bicyclic) bond motifs is 2. The van der Waals surface area contributed by atoms with E-state index < -0.39 is 24.9 Å². The van der Waals surface area contributed by atoms with E-state index in [1.165, 1.54) is 11.1 Å². The topological polar surface area (TPSA) is 165 Å². The molecule has 1 saturated heterocycles. The zero-order valence-electron chi connectivity index (χ0n) is 27.4. The number of anilines is 1. The number of para-hydroxylation sites is 1. The number of primary amides is 1. The van der Waals surface area contributed by atoms with Gasteiger partial charge in [-0.25, -0.2) is 9.18 Å². The fraction of sp³-hybridized carbons (Fsp3) is 0.500. The van der Waals surface area contributed by atoms with Gasteiger partial charge in [0.05, 0.1) is 5.52 Å². The molecule has 2 saturated carbocycles. The van der Waals surface area contributed by atoms with Crippen LogP contribution in [0.3, 0.4) is 0 Å². The van der Waals surface area contributed by atoms with Crippen molar-refractivity contribution in [1.29, 1.82) is 0 Å². The zero-order chi connectivity index (χ0) is 34.1. The third kappa shape index (κ3) is 6.62. The van der Waals surface area contributed by atoms with Gasteiger partial charge in [0.25, 0.3) is 5.91 Å². The first-order valence-electron chi connectivity index (χ1n) is 17.4. The van der Waals surface area contributed by atoms with Crippen molar-refractivity contribution in [3.8, 4) is 0 Å². The number of amides is 3. The lowest BCUT2D eigenvalue weighted by Crippen LogP contribution is -2.50. The van der Waals surface area contributed by atoms with Crippen molar-refractivity contribution in [3.05, 3.63) is 54.2 Å². The van der Waals surface area contributed by atoms with E-state index in [1.54, 1.807) is 29.2 Å². The van der Waals surface area contributed by atoms with Gasteiger partial charge in [-0.2, -0.15) is 4.68 Å². The van der Waals surface area contributed by atoms with Crippen molar-refractivity contribution >= 4 is 51.4 Å². The predicted octanol–water partition coefficient (Wildman–Crippen LogP) is 5.58. The van der Waals surface area contributed by atoms with Crippen LogP contribution in [0.2, 0.25) is 0 Å². The number of likely N-dealkylation sites (tertiary alicyclic amines) is 1. The van der Waals surface area contributed by atoms with Gasteiger partial charge in [0.2, 0.25) is 11.8 Å². The van der Waals surface area contributed by atoms with E-state index in [9.17, 15) is 23.6 Å². The molecule has 3 atom stereocenters. The number of nitrogens with two attached hydrogens (primary N) is 1. The molecule has 13 heteroatoms. The van der Waals surface area contributed by atoms with Crippen molar-refractivity contribution in [2.24, 2.45) is 29.4 Å². The Labute approximate surface area is 282 Å². The van der Waals surface area contributed by atoms with Gasteiger partial charge in [0.15, 0.2) is 0 Å². The summed E-state index contributed by atoms with van der Waals surface area (Å²) in [6.45, 7) is -0.288. The Morgan fingerprint density at radius 2 is 1.76 bits per heavy atom. The lowest BCUT2D eigenvalue weighted by atomic mass is 9.76. The van der Waals surface area contributed by atoms with E-state index in [0.29, 0.717) is 60.6 Å². The molecule has 0 spiro atoms. The van der Waals surface area contributed by atoms with E-state index in [-0.39, 0.29) is 35.5 Å². The maximum Gasteiger partial charge on any atom is 0.404 e. The number of benzene rings is 2. The van der Waals surface area contributed by atoms with Crippen LogP contribution in [-0.2, 0) is 14.3 Å². The van der Waals surface area contributed by atoms with Gasteiger partial charge in [-0.3, -0.25) is 14.4 Å². The molecule has 3 aliphatic rings. The summed E-state index contributed by atoms with van der Waals surface area (Å²) < 4.78 is 19.8. The van der Waals surface area contributed by atoms with E-state index in [1.807, 2.05) is 24.3 Å². The molecule has 2 aromatic heterocycles. The maximum atomic E-state index is 14.2. The summed E-state index contributed by atoms with van der Waals surface area (Å²) in [5.41, 5.74) is 8.02. The number of nitrogens with zero attached hydrogens (tertiary/aromatic N) is 4. The average Bonchev–Trinajstić information content (AvgIpc) is 3.87. The molecular weight excluding hydrogens is 629 g/mol. The summed E-state index contributed by atoms with van der Waals surface area (Å²) >= 11 is 0.